The monoisotopic (exact) mass is 413 g/mol. The van der Waals surface area contributed by atoms with Gasteiger partial charge in [0.05, 0.1) is 12.6 Å². The van der Waals surface area contributed by atoms with E-state index in [-0.39, 0.29) is 11.7 Å². The minimum atomic E-state index is -0.298. The molecule has 0 spiro atoms. The lowest BCUT2D eigenvalue weighted by atomic mass is 10.1. The van der Waals surface area contributed by atoms with Gasteiger partial charge in [0.15, 0.2) is 0 Å². The number of benzene rings is 2. The van der Waals surface area contributed by atoms with Crippen LogP contribution in [0.2, 0.25) is 5.02 Å². The molecule has 0 bridgehead atoms. The van der Waals surface area contributed by atoms with E-state index < -0.39 is 0 Å². The molecule has 1 fully saturated rings. The highest BCUT2D eigenvalue weighted by atomic mass is 35.5. The summed E-state index contributed by atoms with van der Waals surface area (Å²) in [4.78, 5) is 21.3. The molecule has 1 saturated heterocycles. The number of piperazine rings is 1. The smallest absolute Gasteiger partial charge is 0.272 e. The summed E-state index contributed by atoms with van der Waals surface area (Å²) >= 11 is 6.13. The summed E-state index contributed by atoms with van der Waals surface area (Å²) in [5.41, 5.74) is 1.68. The van der Waals surface area contributed by atoms with Crippen LogP contribution in [-0.4, -0.2) is 54.0 Å². The Morgan fingerprint density at radius 3 is 2.66 bits per heavy atom. The molecule has 0 unspecified atom stereocenters. The molecule has 1 aliphatic heterocycles. The van der Waals surface area contributed by atoms with E-state index in [9.17, 15) is 9.18 Å². The predicted molar refractivity (Wildman–Crippen MR) is 111 cm³/mol. The molecule has 29 heavy (non-hydrogen) atoms. The average molecular weight is 414 g/mol. The summed E-state index contributed by atoms with van der Waals surface area (Å²) in [6.07, 6.45) is 0. The minimum absolute atomic E-state index is 0.0914. The molecule has 2 aromatic carbocycles. The Bertz CT molecular complexity index is 1030. The van der Waals surface area contributed by atoms with Gasteiger partial charge in [-0.1, -0.05) is 23.7 Å². The third kappa shape index (κ3) is 4.18. The molecule has 0 radical (unpaired) electrons. The van der Waals surface area contributed by atoms with Crippen LogP contribution in [0.5, 0.6) is 5.75 Å². The van der Waals surface area contributed by atoms with Crippen LogP contribution < -0.4 is 4.74 Å². The topological polar surface area (TPSA) is 45.7 Å². The lowest BCUT2D eigenvalue weighted by molar-refractivity contribution is 0.0621. The maximum atomic E-state index is 14.0. The van der Waals surface area contributed by atoms with Gasteiger partial charge in [-0.3, -0.25) is 9.69 Å². The van der Waals surface area contributed by atoms with Crippen molar-refractivity contribution < 1.29 is 13.9 Å². The van der Waals surface area contributed by atoms with Crippen molar-refractivity contribution in [2.75, 3.05) is 33.3 Å². The van der Waals surface area contributed by atoms with E-state index in [4.69, 9.17) is 16.3 Å². The number of carbonyl (C=O) groups is 1. The largest absolute Gasteiger partial charge is 0.497 e. The van der Waals surface area contributed by atoms with E-state index in [2.05, 4.69) is 9.88 Å². The van der Waals surface area contributed by atoms with Crippen molar-refractivity contribution in [3.63, 3.8) is 0 Å². The lowest BCUT2D eigenvalue weighted by Gasteiger charge is -2.34. The fourth-order valence-corrected chi connectivity index (χ4v) is 3.75. The van der Waals surface area contributed by atoms with E-state index in [0.29, 0.717) is 49.0 Å². The predicted octanol–water partition coefficient (Wildman–Crippen LogP) is 3.99. The van der Waals surface area contributed by atoms with E-state index in [0.717, 1.165) is 16.7 Å². The summed E-state index contributed by atoms with van der Waals surface area (Å²) in [5.74, 6) is 0.365. The molecule has 0 N–H and O–H groups in total. The van der Waals surface area contributed by atoms with Crippen LogP contribution in [0.1, 0.15) is 16.1 Å². The van der Waals surface area contributed by atoms with Crippen LogP contribution in [-0.2, 0) is 6.54 Å². The number of rotatable bonds is 4. The van der Waals surface area contributed by atoms with Crippen LogP contribution >= 0.6 is 11.6 Å². The van der Waals surface area contributed by atoms with Crippen molar-refractivity contribution >= 4 is 28.4 Å². The number of hydrogen-bond donors (Lipinski definition) is 0. The van der Waals surface area contributed by atoms with Crippen LogP contribution in [0.3, 0.4) is 0 Å². The van der Waals surface area contributed by atoms with E-state index >= 15 is 0 Å². The van der Waals surface area contributed by atoms with Gasteiger partial charge in [0, 0.05) is 48.7 Å². The third-order valence-electron chi connectivity index (χ3n) is 5.22. The van der Waals surface area contributed by atoms with Crippen LogP contribution in [0.25, 0.3) is 10.9 Å². The van der Waals surface area contributed by atoms with Crippen molar-refractivity contribution in [1.29, 1.82) is 0 Å². The van der Waals surface area contributed by atoms with Gasteiger partial charge < -0.3 is 9.64 Å². The van der Waals surface area contributed by atoms with E-state index in [1.54, 1.807) is 30.2 Å². The zero-order valence-electron chi connectivity index (χ0n) is 16.1. The first kappa shape index (κ1) is 19.6. The van der Waals surface area contributed by atoms with Gasteiger partial charge in [0.25, 0.3) is 5.91 Å². The Balaban J connectivity index is 1.42. The second-order valence-electron chi connectivity index (χ2n) is 7.02. The molecule has 1 aliphatic rings. The van der Waals surface area contributed by atoms with Gasteiger partial charge >= 0.3 is 0 Å². The minimum Gasteiger partial charge on any atom is -0.497 e. The number of halogens is 2. The number of methoxy groups -OCH3 is 1. The van der Waals surface area contributed by atoms with Gasteiger partial charge in [-0.25, -0.2) is 9.37 Å². The van der Waals surface area contributed by atoms with Crippen LogP contribution in [0, 0.1) is 5.82 Å². The summed E-state index contributed by atoms with van der Waals surface area (Å²) in [7, 11) is 1.62. The fourth-order valence-electron chi connectivity index (χ4n) is 3.53. The van der Waals surface area contributed by atoms with Gasteiger partial charge in [-0.15, -0.1) is 0 Å². The first-order valence-electron chi connectivity index (χ1n) is 9.44. The number of fused-ring (bicyclic) bond motifs is 1. The molecule has 0 aliphatic carbocycles. The van der Waals surface area contributed by atoms with Crippen molar-refractivity contribution in [2.24, 2.45) is 0 Å². The molecule has 150 valence electrons. The second kappa shape index (κ2) is 8.35. The van der Waals surface area contributed by atoms with Gasteiger partial charge in [-0.05, 0) is 36.4 Å². The molecule has 7 heteroatoms. The normalized spacial score (nSPS) is 14.9. The number of ether oxygens (including phenoxy) is 1. The standard InChI is InChI=1S/C22H21ClFN3O2/c1-29-16-6-8-20-15(13-16)5-7-21(25-20)22(28)27-11-9-26(10-12-27)14-17-18(23)3-2-4-19(17)24/h2-8,13H,9-12,14H2,1H3. The zero-order chi connectivity index (χ0) is 20.4. The Labute approximate surface area is 173 Å². The molecule has 5 nitrogen and oxygen atoms in total. The molecule has 4 rings (SSSR count). The van der Waals surface area contributed by atoms with Crippen molar-refractivity contribution in [3.8, 4) is 5.75 Å². The first-order valence-corrected chi connectivity index (χ1v) is 9.82. The van der Waals surface area contributed by atoms with Gasteiger partial charge in [0.1, 0.15) is 17.3 Å². The Morgan fingerprint density at radius 1 is 1.14 bits per heavy atom. The molecule has 0 saturated carbocycles. The lowest BCUT2D eigenvalue weighted by Crippen LogP contribution is -2.48. The molecule has 3 aromatic rings. The highest BCUT2D eigenvalue weighted by Gasteiger charge is 2.24. The SMILES string of the molecule is COc1ccc2nc(C(=O)N3CCN(Cc4c(F)cccc4Cl)CC3)ccc2c1. The van der Waals surface area contributed by atoms with Crippen molar-refractivity contribution in [3.05, 3.63) is 70.6 Å². The van der Waals surface area contributed by atoms with Crippen molar-refractivity contribution in [1.82, 2.24) is 14.8 Å². The number of nitrogens with zero attached hydrogens (tertiary/aromatic N) is 3. The van der Waals surface area contributed by atoms with E-state index in [1.165, 1.54) is 6.07 Å². The van der Waals surface area contributed by atoms with Gasteiger partial charge in [0.2, 0.25) is 0 Å². The van der Waals surface area contributed by atoms with Crippen molar-refractivity contribution in [2.45, 2.75) is 6.54 Å². The number of aromatic nitrogens is 1. The quantitative estimate of drug-likeness (QED) is 0.648. The Hall–Kier alpha value is -2.70. The summed E-state index contributed by atoms with van der Waals surface area (Å²) < 4.78 is 19.2. The summed E-state index contributed by atoms with van der Waals surface area (Å²) in [5, 5.41) is 1.35. The number of carbonyl (C=O) groups excluding carboxylic acids is 1. The zero-order valence-corrected chi connectivity index (χ0v) is 16.8. The molecular formula is C22H21ClFN3O2. The number of amides is 1. The third-order valence-corrected chi connectivity index (χ3v) is 5.57. The maximum absolute atomic E-state index is 14.0. The Kier molecular flexibility index (Phi) is 5.65. The van der Waals surface area contributed by atoms with Gasteiger partial charge in [-0.2, -0.15) is 0 Å². The maximum Gasteiger partial charge on any atom is 0.272 e. The average Bonchev–Trinajstić information content (AvgIpc) is 2.75. The molecular weight excluding hydrogens is 393 g/mol. The second-order valence-corrected chi connectivity index (χ2v) is 7.43. The molecule has 0 atom stereocenters. The highest BCUT2D eigenvalue weighted by Crippen LogP contribution is 2.22. The van der Waals surface area contributed by atoms with Crippen LogP contribution in [0.15, 0.2) is 48.5 Å². The van der Waals surface area contributed by atoms with E-state index in [1.807, 2.05) is 24.3 Å². The molecule has 1 amide bonds. The molecule has 1 aromatic heterocycles. The summed E-state index contributed by atoms with van der Waals surface area (Å²) in [6.45, 7) is 2.87. The number of pyridine rings is 1. The summed E-state index contributed by atoms with van der Waals surface area (Å²) in [6, 6.07) is 13.9. The fraction of sp³-hybridized carbons (Fsp3) is 0.273. The Morgan fingerprint density at radius 2 is 1.93 bits per heavy atom. The van der Waals surface area contributed by atoms with Crippen LogP contribution in [0.4, 0.5) is 4.39 Å². The highest BCUT2D eigenvalue weighted by molar-refractivity contribution is 6.31. The molecule has 2 heterocycles. The first-order chi connectivity index (χ1) is 14.0. The number of hydrogen-bond acceptors (Lipinski definition) is 4.